The van der Waals surface area contributed by atoms with Gasteiger partial charge >= 0.3 is 0 Å². The van der Waals surface area contributed by atoms with E-state index >= 15 is 0 Å². The lowest BCUT2D eigenvalue weighted by Crippen LogP contribution is -2.12. The highest BCUT2D eigenvalue weighted by Crippen LogP contribution is 2.20. The maximum Gasteiger partial charge on any atom is 0.229 e. The molecule has 6 nitrogen and oxygen atoms in total. The van der Waals surface area contributed by atoms with Crippen LogP contribution in [0.3, 0.4) is 0 Å². The van der Waals surface area contributed by atoms with Crippen molar-refractivity contribution in [3.05, 3.63) is 28.2 Å². The van der Waals surface area contributed by atoms with Gasteiger partial charge in [0.2, 0.25) is 11.1 Å². The summed E-state index contributed by atoms with van der Waals surface area (Å²) in [4.78, 5) is 11.7. The zero-order chi connectivity index (χ0) is 13.1. The predicted octanol–water partition coefficient (Wildman–Crippen LogP) is 2.24. The average molecular weight is 269 g/mol. The zero-order valence-electron chi connectivity index (χ0n) is 10.1. The number of aromatic nitrogens is 3. The van der Waals surface area contributed by atoms with Crippen molar-refractivity contribution in [2.75, 3.05) is 5.32 Å². The van der Waals surface area contributed by atoms with Crippen LogP contribution >= 0.6 is 11.6 Å². The van der Waals surface area contributed by atoms with Gasteiger partial charge in [0.15, 0.2) is 5.82 Å². The second kappa shape index (κ2) is 5.22. The molecule has 0 spiro atoms. The third-order valence-electron chi connectivity index (χ3n) is 2.51. The number of nitrogens with one attached hydrogen (secondary N) is 2. The molecule has 0 aliphatic rings. The van der Waals surface area contributed by atoms with Crippen LogP contribution in [-0.4, -0.2) is 21.3 Å². The molecule has 0 aromatic carbocycles. The maximum atomic E-state index is 11.7. The van der Waals surface area contributed by atoms with Crippen LogP contribution in [0.4, 0.5) is 5.82 Å². The van der Waals surface area contributed by atoms with Crippen LogP contribution in [0, 0.1) is 13.8 Å². The van der Waals surface area contributed by atoms with E-state index in [2.05, 4.69) is 20.7 Å². The molecule has 0 saturated carbocycles. The first-order chi connectivity index (χ1) is 8.56. The number of amides is 1. The van der Waals surface area contributed by atoms with Crippen LogP contribution in [0.2, 0.25) is 5.22 Å². The SMILES string of the molecule is Cc1cc(NC(=O)CCc2c(C)noc2Cl)n[nH]1. The number of H-pyrrole nitrogens is 1. The lowest BCUT2D eigenvalue weighted by molar-refractivity contribution is -0.116. The van der Waals surface area contributed by atoms with Crippen molar-refractivity contribution in [1.29, 1.82) is 0 Å². The summed E-state index contributed by atoms with van der Waals surface area (Å²) < 4.78 is 4.82. The number of anilines is 1. The van der Waals surface area contributed by atoms with Gasteiger partial charge in [-0.25, -0.2) is 0 Å². The highest BCUT2D eigenvalue weighted by Gasteiger charge is 2.13. The highest BCUT2D eigenvalue weighted by atomic mass is 35.5. The number of hydrogen-bond acceptors (Lipinski definition) is 4. The van der Waals surface area contributed by atoms with Crippen molar-refractivity contribution in [1.82, 2.24) is 15.4 Å². The van der Waals surface area contributed by atoms with E-state index in [1.165, 1.54) is 0 Å². The minimum Gasteiger partial charge on any atom is -0.344 e. The summed E-state index contributed by atoms with van der Waals surface area (Å²) >= 11 is 5.81. The number of aryl methyl sites for hydroxylation is 2. The van der Waals surface area contributed by atoms with E-state index in [9.17, 15) is 4.79 Å². The van der Waals surface area contributed by atoms with Gasteiger partial charge in [-0.1, -0.05) is 5.16 Å². The Labute approximate surface area is 109 Å². The molecule has 0 bridgehead atoms. The highest BCUT2D eigenvalue weighted by molar-refractivity contribution is 6.29. The molecule has 1 amide bonds. The van der Waals surface area contributed by atoms with Gasteiger partial charge in [0.1, 0.15) is 0 Å². The topological polar surface area (TPSA) is 83.8 Å². The van der Waals surface area contributed by atoms with Gasteiger partial charge in [-0.05, 0) is 31.9 Å². The molecular formula is C11H13ClN4O2. The first kappa shape index (κ1) is 12.6. The zero-order valence-corrected chi connectivity index (χ0v) is 10.8. The van der Waals surface area contributed by atoms with E-state index in [1.54, 1.807) is 13.0 Å². The summed E-state index contributed by atoms with van der Waals surface area (Å²) in [5.41, 5.74) is 2.37. The minimum atomic E-state index is -0.127. The van der Waals surface area contributed by atoms with E-state index in [-0.39, 0.29) is 11.1 Å². The Balaban J connectivity index is 1.89. The molecule has 18 heavy (non-hydrogen) atoms. The lowest BCUT2D eigenvalue weighted by Gasteiger charge is -2.01. The Morgan fingerprint density at radius 3 is 2.89 bits per heavy atom. The molecule has 0 aliphatic heterocycles. The maximum absolute atomic E-state index is 11.7. The molecule has 2 heterocycles. The molecule has 2 N–H and O–H groups in total. The van der Waals surface area contributed by atoms with E-state index < -0.39 is 0 Å². The van der Waals surface area contributed by atoms with Crippen LogP contribution in [0.15, 0.2) is 10.6 Å². The minimum absolute atomic E-state index is 0.127. The number of nitrogens with zero attached hydrogens (tertiary/aromatic N) is 2. The molecule has 0 fully saturated rings. The number of hydrogen-bond donors (Lipinski definition) is 2. The number of rotatable bonds is 4. The second-order valence-electron chi connectivity index (χ2n) is 4.00. The van der Waals surface area contributed by atoms with Gasteiger partial charge < -0.3 is 9.84 Å². The first-order valence-corrected chi connectivity index (χ1v) is 5.86. The number of carbonyl (C=O) groups excluding carboxylic acids is 1. The Morgan fingerprint density at radius 2 is 2.33 bits per heavy atom. The molecule has 0 radical (unpaired) electrons. The van der Waals surface area contributed by atoms with Gasteiger partial charge in [0, 0.05) is 23.7 Å². The summed E-state index contributed by atoms with van der Waals surface area (Å²) in [6, 6.07) is 1.76. The standard InChI is InChI=1S/C11H13ClN4O2/c1-6-5-9(15-14-6)13-10(17)4-3-8-7(2)16-18-11(8)12/h5H,3-4H2,1-2H3,(H2,13,14,15,17). The Kier molecular flexibility index (Phi) is 3.66. The first-order valence-electron chi connectivity index (χ1n) is 5.49. The van der Waals surface area contributed by atoms with Crippen molar-refractivity contribution in [2.45, 2.75) is 26.7 Å². The molecule has 7 heteroatoms. The number of halogens is 1. The molecule has 2 aromatic heterocycles. The van der Waals surface area contributed by atoms with Gasteiger partial charge in [-0.3, -0.25) is 9.89 Å². The van der Waals surface area contributed by atoms with Crippen molar-refractivity contribution in [3.8, 4) is 0 Å². The molecule has 2 rings (SSSR count). The third-order valence-corrected chi connectivity index (χ3v) is 2.81. The van der Waals surface area contributed by atoms with Crippen LogP contribution in [-0.2, 0) is 11.2 Å². The Morgan fingerprint density at radius 1 is 1.56 bits per heavy atom. The smallest absolute Gasteiger partial charge is 0.229 e. The fraction of sp³-hybridized carbons (Fsp3) is 0.364. The third kappa shape index (κ3) is 2.89. The summed E-state index contributed by atoms with van der Waals surface area (Å²) in [5, 5.41) is 13.3. The van der Waals surface area contributed by atoms with Gasteiger partial charge in [-0.15, -0.1) is 0 Å². The van der Waals surface area contributed by atoms with Crippen LogP contribution < -0.4 is 5.32 Å². The van der Waals surface area contributed by atoms with Crippen molar-refractivity contribution < 1.29 is 9.32 Å². The number of aromatic amines is 1. The van der Waals surface area contributed by atoms with Gasteiger partial charge in [-0.2, -0.15) is 5.10 Å². The fourth-order valence-electron chi connectivity index (χ4n) is 1.57. The summed E-state index contributed by atoms with van der Waals surface area (Å²) in [7, 11) is 0. The van der Waals surface area contributed by atoms with Gasteiger partial charge in [0.25, 0.3) is 0 Å². The van der Waals surface area contributed by atoms with Crippen molar-refractivity contribution in [3.63, 3.8) is 0 Å². The molecular weight excluding hydrogens is 256 g/mol. The van der Waals surface area contributed by atoms with Crippen molar-refractivity contribution >= 4 is 23.3 Å². The molecule has 0 atom stereocenters. The van der Waals surface area contributed by atoms with Crippen molar-refractivity contribution in [2.24, 2.45) is 0 Å². The van der Waals surface area contributed by atoms with E-state index in [4.69, 9.17) is 16.1 Å². The summed E-state index contributed by atoms with van der Waals surface area (Å²) in [5.74, 6) is 0.392. The molecule has 96 valence electrons. The monoisotopic (exact) mass is 268 g/mol. The largest absolute Gasteiger partial charge is 0.344 e. The second-order valence-corrected chi connectivity index (χ2v) is 4.35. The van der Waals surface area contributed by atoms with E-state index in [0.29, 0.717) is 24.4 Å². The quantitative estimate of drug-likeness (QED) is 0.891. The Hall–Kier alpha value is -1.82. The van der Waals surface area contributed by atoms with Crippen LogP contribution in [0.25, 0.3) is 0 Å². The van der Waals surface area contributed by atoms with E-state index in [0.717, 1.165) is 11.3 Å². The van der Waals surface area contributed by atoms with Gasteiger partial charge in [0.05, 0.1) is 5.69 Å². The molecule has 0 unspecified atom stereocenters. The van der Waals surface area contributed by atoms with E-state index in [1.807, 2.05) is 6.92 Å². The normalized spacial score (nSPS) is 10.6. The predicted molar refractivity (Wildman–Crippen MR) is 66.5 cm³/mol. The number of carbonyl (C=O) groups is 1. The summed E-state index contributed by atoms with van der Waals surface area (Å²) in [6.45, 7) is 3.66. The van der Waals surface area contributed by atoms with Crippen LogP contribution in [0.5, 0.6) is 0 Å². The van der Waals surface area contributed by atoms with Crippen LogP contribution in [0.1, 0.15) is 23.4 Å². The fourth-order valence-corrected chi connectivity index (χ4v) is 1.83. The molecule has 2 aromatic rings. The summed E-state index contributed by atoms with van der Waals surface area (Å²) in [6.07, 6.45) is 0.789. The average Bonchev–Trinajstić information content (AvgIpc) is 2.84. The lowest BCUT2D eigenvalue weighted by atomic mass is 10.1. The Bertz CT molecular complexity index is 542. The molecule has 0 saturated heterocycles. The molecule has 0 aliphatic carbocycles.